The van der Waals surface area contributed by atoms with E-state index < -0.39 is 8.07 Å². The van der Waals surface area contributed by atoms with Crippen molar-refractivity contribution in [3.8, 4) is 33.6 Å². The molecule has 0 fully saturated rings. The van der Waals surface area contributed by atoms with E-state index in [-0.39, 0.29) is 25.9 Å². The SMILES string of the molecule is CC(C)Cc1cc(-c2[c-]cccc2)ncc1[Si](C)(C)C.Cc1cc(C)c(-c2ccnc(-c3[c-]ccc4c3oc3ccc(F)cc34)c2)c(C)c1.[Ir]. The van der Waals surface area contributed by atoms with E-state index >= 15 is 0 Å². The zero-order valence-electron chi connectivity index (χ0n) is 30.0. The molecule has 3 heterocycles. The molecule has 0 N–H and O–H groups in total. The van der Waals surface area contributed by atoms with Crippen LogP contribution in [0.2, 0.25) is 19.6 Å². The normalized spacial score (nSPS) is 11.4. The van der Waals surface area contributed by atoms with Crippen molar-refractivity contribution in [2.45, 2.75) is 60.7 Å². The maximum Gasteiger partial charge on any atom is 0.124 e. The van der Waals surface area contributed by atoms with Gasteiger partial charge in [-0.05, 0) is 96.2 Å². The van der Waals surface area contributed by atoms with Gasteiger partial charge in [0.1, 0.15) is 11.4 Å². The van der Waals surface area contributed by atoms with Crippen LogP contribution < -0.4 is 5.19 Å². The van der Waals surface area contributed by atoms with Crippen molar-refractivity contribution in [1.82, 2.24) is 9.97 Å². The third-order valence-electron chi connectivity index (χ3n) is 8.79. The van der Waals surface area contributed by atoms with Crippen LogP contribution in [0.5, 0.6) is 0 Å². The van der Waals surface area contributed by atoms with Gasteiger partial charge in [0.15, 0.2) is 0 Å². The molecule has 0 unspecified atom stereocenters. The van der Waals surface area contributed by atoms with Crippen LogP contribution >= 0.6 is 0 Å². The van der Waals surface area contributed by atoms with Gasteiger partial charge in [0.2, 0.25) is 0 Å². The predicted molar refractivity (Wildman–Crippen MR) is 205 cm³/mol. The van der Waals surface area contributed by atoms with Gasteiger partial charge in [-0.3, -0.25) is 0 Å². The summed E-state index contributed by atoms with van der Waals surface area (Å²) < 4.78 is 19.8. The van der Waals surface area contributed by atoms with Crippen molar-refractivity contribution in [3.63, 3.8) is 0 Å². The second-order valence-corrected chi connectivity index (χ2v) is 19.4. The fourth-order valence-corrected chi connectivity index (χ4v) is 8.33. The first-order valence-corrected chi connectivity index (χ1v) is 20.4. The van der Waals surface area contributed by atoms with E-state index in [1.54, 1.807) is 6.07 Å². The zero-order chi connectivity index (χ0) is 34.9. The molecule has 0 aliphatic carbocycles. The number of halogens is 1. The van der Waals surface area contributed by atoms with E-state index in [0.29, 0.717) is 17.1 Å². The van der Waals surface area contributed by atoms with Crippen LogP contribution in [0.15, 0.2) is 102 Å². The summed E-state index contributed by atoms with van der Waals surface area (Å²) in [5.41, 5.74) is 12.6. The van der Waals surface area contributed by atoms with Gasteiger partial charge in [0, 0.05) is 37.9 Å². The number of rotatable bonds is 6. The standard InChI is InChI=1S/C26H19FNO.C18H24NSi.Ir/c1-15-11-16(2)25(17(3)12-15)18-9-10-28-23(13-18)21-6-4-5-20-22-14-19(27)7-8-24(22)29-26(20)21;1-14(2)11-16-12-17(15-9-7-6-8-10-15)19-13-18(16)20(3,4)5;/h4-5,7-14H,1-3H3;6-9,12-14H,11H2,1-5H3;/q2*-1;. The molecular weight excluding hydrogens is 812 g/mol. The number of hydrogen-bond donors (Lipinski definition) is 0. The first-order valence-electron chi connectivity index (χ1n) is 16.9. The molecule has 7 rings (SSSR count). The van der Waals surface area contributed by atoms with E-state index in [9.17, 15) is 4.39 Å². The van der Waals surface area contributed by atoms with Crippen molar-refractivity contribution >= 4 is 35.2 Å². The Morgan fingerprint density at radius 1 is 0.800 bits per heavy atom. The second kappa shape index (κ2) is 15.3. The molecule has 0 amide bonds. The molecule has 0 bridgehead atoms. The Morgan fingerprint density at radius 3 is 2.24 bits per heavy atom. The van der Waals surface area contributed by atoms with Crippen LogP contribution in [0.3, 0.4) is 0 Å². The molecule has 3 nitrogen and oxygen atoms in total. The Kier molecular flexibility index (Phi) is 11.4. The van der Waals surface area contributed by atoms with E-state index in [4.69, 9.17) is 4.42 Å². The molecule has 0 aliphatic heterocycles. The quantitative estimate of drug-likeness (QED) is 0.124. The van der Waals surface area contributed by atoms with Crippen LogP contribution in [-0.4, -0.2) is 18.0 Å². The number of benzene rings is 4. The average molecular weight is 855 g/mol. The Morgan fingerprint density at radius 2 is 1.56 bits per heavy atom. The molecule has 0 saturated heterocycles. The first-order chi connectivity index (χ1) is 23.4. The Balaban J connectivity index is 0.000000204. The maximum absolute atomic E-state index is 13.7. The predicted octanol–water partition coefficient (Wildman–Crippen LogP) is 11.5. The number of fused-ring (bicyclic) bond motifs is 3. The smallest absolute Gasteiger partial charge is 0.124 e. The summed E-state index contributed by atoms with van der Waals surface area (Å²) in [7, 11) is -1.34. The molecular formula is C44H43FIrN2OSi-2. The van der Waals surface area contributed by atoms with Crippen molar-refractivity contribution in [2.24, 2.45) is 5.92 Å². The Bertz CT molecular complexity index is 2250. The maximum atomic E-state index is 13.7. The molecule has 0 spiro atoms. The molecule has 4 aromatic carbocycles. The van der Waals surface area contributed by atoms with Gasteiger partial charge in [0.05, 0.1) is 13.7 Å². The minimum Gasteiger partial charge on any atom is -0.501 e. The van der Waals surface area contributed by atoms with Crippen molar-refractivity contribution < 1.29 is 28.9 Å². The number of aromatic nitrogens is 2. The number of pyridine rings is 2. The summed E-state index contributed by atoms with van der Waals surface area (Å²) in [6.07, 6.45) is 5.06. The van der Waals surface area contributed by atoms with Crippen molar-refractivity contribution in [1.29, 1.82) is 0 Å². The average Bonchev–Trinajstić information content (AvgIpc) is 3.42. The van der Waals surface area contributed by atoms with Gasteiger partial charge >= 0.3 is 0 Å². The third kappa shape index (κ3) is 8.05. The summed E-state index contributed by atoms with van der Waals surface area (Å²) in [5.74, 6) is 0.389. The summed E-state index contributed by atoms with van der Waals surface area (Å²) in [6.45, 7) is 18.1. The largest absolute Gasteiger partial charge is 0.501 e. The molecule has 0 atom stereocenters. The van der Waals surface area contributed by atoms with Gasteiger partial charge < -0.3 is 14.4 Å². The van der Waals surface area contributed by atoms with Crippen LogP contribution in [0, 0.1) is 44.6 Å². The number of nitrogens with zero attached hydrogens (tertiary/aromatic N) is 2. The fraction of sp³-hybridized carbons (Fsp3) is 0.227. The zero-order valence-corrected chi connectivity index (χ0v) is 33.4. The number of furan rings is 1. The number of aryl methyl sites for hydroxylation is 3. The molecule has 1 radical (unpaired) electrons. The first kappa shape index (κ1) is 37.0. The van der Waals surface area contributed by atoms with Gasteiger partial charge in [-0.15, -0.1) is 54.1 Å². The second-order valence-electron chi connectivity index (χ2n) is 14.4. The molecule has 0 aliphatic rings. The molecule has 257 valence electrons. The summed E-state index contributed by atoms with van der Waals surface area (Å²) >= 11 is 0. The van der Waals surface area contributed by atoms with E-state index in [2.05, 4.69) is 113 Å². The van der Waals surface area contributed by atoms with Gasteiger partial charge in [0.25, 0.3) is 0 Å². The van der Waals surface area contributed by atoms with Gasteiger partial charge in [-0.2, -0.15) is 0 Å². The van der Waals surface area contributed by atoms with E-state index in [0.717, 1.165) is 45.3 Å². The summed E-state index contributed by atoms with van der Waals surface area (Å²) in [6, 6.07) is 33.7. The van der Waals surface area contributed by atoms with Gasteiger partial charge in [-0.1, -0.05) is 79.8 Å². The summed E-state index contributed by atoms with van der Waals surface area (Å²) in [5, 5.41) is 3.12. The molecule has 50 heavy (non-hydrogen) atoms. The molecule has 7 aromatic rings. The topological polar surface area (TPSA) is 38.9 Å². The molecule has 6 heteroatoms. The number of hydrogen-bond acceptors (Lipinski definition) is 3. The fourth-order valence-electron chi connectivity index (χ4n) is 6.74. The Labute approximate surface area is 310 Å². The third-order valence-corrected chi connectivity index (χ3v) is 10.9. The minimum absolute atomic E-state index is 0. The van der Waals surface area contributed by atoms with Crippen molar-refractivity contribution in [2.75, 3.05) is 0 Å². The monoisotopic (exact) mass is 855 g/mol. The minimum atomic E-state index is -1.34. The molecule has 0 saturated carbocycles. The van der Waals surface area contributed by atoms with E-state index in [1.165, 1.54) is 45.1 Å². The van der Waals surface area contributed by atoms with Crippen LogP contribution in [0.1, 0.15) is 36.1 Å². The molecule has 3 aromatic heterocycles. The van der Waals surface area contributed by atoms with Crippen molar-refractivity contribution in [3.05, 3.63) is 138 Å². The summed E-state index contributed by atoms with van der Waals surface area (Å²) in [4.78, 5) is 9.27. The van der Waals surface area contributed by atoms with E-state index in [1.807, 2.05) is 42.6 Å². The van der Waals surface area contributed by atoms with Gasteiger partial charge in [-0.25, -0.2) is 4.39 Å². The van der Waals surface area contributed by atoms with Crippen LogP contribution in [0.4, 0.5) is 4.39 Å². The Hall–Kier alpha value is -4.22. The van der Waals surface area contributed by atoms with Crippen LogP contribution in [-0.2, 0) is 26.5 Å². The van der Waals surface area contributed by atoms with Crippen LogP contribution in [0.25, 0.3) is 55.6 Å².